The molecule has 4 rings (SSSR count). The van der Waals surface area contributed by atoms with Crippen LogP contribution < -0.4 is 21.3 Å². The molecule has 5 N–H and O–H groups in total. The van der Waals surface area contributed by atoms with Crippen molar-refractivity contribution in [1.82, 2.24) is 31.1 Å². The van der Waals surface area contributed by atoms with Crippen molar-refractivity contribution in [3.05, 3.63) is 35.9 Å². The largest absolute Gasteiger partial charge is 0.376 e. The van der Waals surface area contributed by atoms with E-state index in [1.807, 2.05) is 6.07 Å². The minimum absolute atomic E-state index is 0.0822. The SMILES string of the molecule is CNC(=O)N1CCC2CCC(C(O)NC3CCCCC3c3ccccc3)N2C(=O)C(NC(=O)C(C)NC)C1. The lowest BCUT2D eigenvalue weighted by Gasteiger charge is -2.42. The van der Waals surface area contributed by atoms with Gasteiger partial charge >= 0.3 is 6.03 Å². The van der Waals surface area contributed by atoms with Gasteiger partial charge in [-0.25, -0.2) is 4.79 Å². The zero-order valence-electron chi connectivity index (χ0n) is 22.9. The maximum atomic E-state index is 14.0. The number of aliphatic hydroxyl groups excluding tert-OH is 1. The molecule has 0 spiro atoms. The number of hydrogen-bond donors (Lipinski definition) is 5. The van der Waals surface area contributed by atoms with Crippen molar-refractivity contribution in [2.45, 2.75) is 94.2 Å². The summed E-state index contributed by atoms with van der Waals surface area (Å²) in [4.78, 5) is 42.6. The van der Waals surface area contributed by atoms with Crippen molar-refractivity contribution < 1.29 is 19.5 Å². The summed E-state index contributed by atoms with van der Waals surface area (Å²) in [6.45, 7) is 2.28. The first-order valence-electron chi connectivity index (χ1n) is 14.1. The molecule has 38 heavy (non-hydrogen) atoms. The van der Waals surface area contributed by atoms with Crippen molar-refractivity contribution >= 4 is 17.8 Å². The molecule has 2 heterocycles. The summed E-state index contributed by atoms with van der Waals surface area (Å²) in [6.07, 6.45) is 5.49. The Bertz CT molecular complexity index is 962. The molecule has 1 aromatic carbocycles. The van der Waals surface area contributed by atoms with Crippen molar-refractivity contribution in [3.8, 4) is 0 Å². The van der Waals surface area contributed by atoms with Gasteiger partial charge in [-0.1, -0.05) is 43.2 Å². The molecule has 10 nitrogen and oxygen atoms in total. The van der Waals surface area contributed by atoms with Gasteiger partial charge in [-0.2, -0.15) is 0 Å². The van der Waals surface area contributed by atoms with Crippen LogP contribution in [0.3, 0.4) is 0 Å². The average molecular weight is 529 g/mol. The molecule has 7 atom stereocenters. The molecule has 2 aliphatic heterocycles. The quantitative estimate of drug-likeness (QED) is 0.338. The number of rotatable bonds is 7. The number of likely N-dealkylation sites (N-methyl/N-ethyl adjacent to an activating group) is 1. The van der Waals surface area contributed by atoms with Crippen molar-refractivity contribution in [2.75, 3.05) is 27.2 Å². The van der Waals surface area contributed by atoms with Crippen LogP contribution in [0.1, 0.15) is 63.4 Å². The Balaban J connectivity index is 1.52. The first kappa shape index (κ1) is 28.3. The number of hydrogen-bond acceptors (Lipinski definition) is 6. The van der Waals surface area contributed by atoms with E-state index in [9.17, 15) is 19.5 Å². The molecule has 3 aliphatic rings. The number of carbonyl (C=O) groups is 3. The molecule has 210 valence electrons. The normalized spacial score (nSPS) is 29.6. The van der Waals surface area contributed by atoms with E-state index < -0.39 is 24.4 Å². The van der Waals surface area contributed by atoms with Gasteiger partial charge in [0.15, 0.2) is 0 Å². The zero-order valence-corrected chi connectivity index (χ0v) is 22.9. The fourth-order valence-corrected chi connectivity index (χ4v) is 6.36. The van der Waals surface area contributed by atoms with Gasteiger partial charge in [0.2, 0.25) is 11.8 Å². The minimum Gasteiger partial charge on any atom is -0.376 e. The first-order chi connectivity index (χ1) is 18.3. The van der Waals surface area contributed by atoms with Crippen LogP contribution in [0.2, 0.25) is 0 Å². The molecule has 7 unspecified atom stereocenters. The highest BCUT2D eigenvalue weighted by atomic mass is 16.3. The van der Waals surface area contributed by atoms with Crippen LogP contribution in [0.25, 0.3) is 0 Å². The van der Waals surface area contributed by atoms with Crippen LogP contribution in [-0.2, 0) is 9.59 Å². The highest BCUT2D eigenvalue weighted by Gasteiger charge is 2.46. The Morgan fingerprint density at radius 3 is 2.47 bits per heavy atom. The van der Waals surface area contributed by atoms with Gasteiger partial charge in [-0.3, -0.25) is 14.9 Å². The Morgan fingerprint density at radius 1 is 1.03 bits per heavy atom. The summed E-state index contributed by atoms with van der Waals surface area (Å²) in [5.74, 6) is -0.231. The van der Waals surface area contributed by atoms with E-state index in [1.54, 1.807) is 30.8 Å². The molecule has 0 radical (unpaired) electrons. The summed E-state index contributed by atoms with van der Waals surface area (Å²) in [6, 6.07) is 8.43. The summed E-state index contributed by atoms with van der Waals surface area (Å²) < 4.78 is 0. The highest BCUT2D eigenvalue weighted by molar-refractivity contribution is 5.91. The lowest BCUT2D eigenvalue weighted by atomic mass is 9.80. The van der Waals surface area contributed by atoms with Gasteiger partial charge in [0.05, 0.1) is 18.6 Å². The third kappa shape index (κ3) is 6.30. The molecule has 1 aliphatic carbocycles. The van der Waals surface area contributed by atoms with Gasteiger partial charge in [-0.15, -0.1) is 0 Å². The highest BCUT2D eigenvalue weighted by Crippen LogP contribution is 2.35. The van der Waals surface area contributed by atoms with Crippen LogP contribution in [0.15, 0.2) is 30.3 Å². The molecule has 0 bridgehead atoms. The van der Waals surface area contributed by atoms with Crippen molar-refractivity contribution in [2.24, 2.45) is 0 Å². The maximum absolute atomic E-state index is 14.0. The van der Waals surface area contributed by atoms with Crippen molar-refractivity contribution in [3.63, 3.8) is 0 Å². The number of urea groups is 1. The van der Waals surface area contributed by atoms with Crippen molar-refractivity contribution in [1.29, 1.82) is 0 Å². The van der Waals surface area contributed by atoms with Gasteiger partial charge < -0.3 is 30.9 Å². The van der Waals surface area contributed by atoms with E-state index >= 15 is 0 Å². The van der Waals surface area contributed by atoms with Gasteiger partial charge in [0.1, 0.15) is 12.3 Å². The van der Waals surface area contributed by atoms with E-state index in [1.165, 1.54) is 5.56 Å². The topological polar surface area (TPSA) is 126 Å². The summed E-state index contributed by atoms with van der Waals surface area (Å²) in [5, 5.41) is 23.4. The number of aliphatic hydroxyl groups is 1. The third-order valence-corrected chi connectivity index (χ3v) is 8.62. The maximum Gasteiger partial charge on any atom is 0.317 e. The van der Waals surface area contributed by atoms with Crippen LogP contribution in [0.5, 0.6) is 0 Å². The average Bonchev–Trinajstić information content (AvgIpc) is 3.36. The van der Waals surface area contributed by atoms with E-state index in [0.717, 1.165) is 32.1 Å². The molecule has 4 amide bonds. The Morgan fingerprint density at radius 2 is 1.76 bits per heavy atom. The van der Waals surface area contributed by atoms with Crippen LogP contribution in [0.4, 0.5) is 4.79 Å². The molecular weight excluding hydrogens is 484 g/mol. The second-order valence-electron chi connectivity index (χ2n) is 10.9. The number of nitrogens with zero attached hydrogens (tertiary/aromatic N) is 2. The lowest BCUT2D eigenvalue weighted by molar-refractivity contribution is -0.143. The van der Waals surface area contributed by atoms with E-state index in [4.69, 9.17) is 0 Å². The second-order valence-corrected chi connectivity index (χ2v) is 10.9. The van der Waals surface area contributed by atoms with E-state index in [-0.39, 0.29) is 36.5 Å². The Labute approximate surface area is 225 Å². The standard InChI is InChI=1S/C28H44N6O4/c1-18(29-2)25(35)32-23-17-33(28(38)30-3)16-15-20-13-14-24(34(20)27(23)37)26(36)31-22-12-8-7-11-21(22)19-9-5-4-6-10-19/h4-6,9-10,18,20-24,26,29,31,36H,7-8,11-17H2,1-3H3,(H,30,38)(H,32,35). The number of carbonyl (C=O) groups excluding carboxylic acids is 3. The van der Waals surface area contributed by atoms with Crippen LogP contribution >= 0.6 is 0 Å². The molecule has 2 saturated heterocycles. The number of benzene rings is 1. The van der Waals surface area contributed by atoms with Gasteiger partial charge in [-0.05, 0) is 57.6 Å². The molecule has 1 aromatic rings. The first-order valence-corrected chi connectivity index (χ1v) is 14.1. The molecule has 10 heteroatoms. The number of amides is 4. The number of fused-ring (bicyclic) bond motifs is 1. The van der Waals surface area contributed by atoms with Crippen LogP contribution in [0, 0.1) is 0 Å². The fraction of sp³-hybridized carbons (Fsp3) is 0.679. The molecular formula is C28H44N6O4. The predicted molar refractivity (Wildman–Crippen MR) is 145 cm³/mol. The number of nitrogens with one attached hydrogen (secondary N) is 4. The molecule has 0 aromatic heterocycles. The minimum atomic E-state index is -0.891. The van der Waals surface area contributed by atoms with E-state index in [0.29, 0.717) is 25.3 Å². The monoisotopic (exact) mass is 528 g/mol. The van der Waals surface area contributed by atoms with Gasteiger partial charge in [0, 0.05) is 25.7 Å². The fourth-order valence-electron chi connectivity index (χ4n) is 6.36. The van der Waals surface area contributed by atoms with Crippen LogP contribution in [-0.4, -0.2) is 96.4 Å². The zero-order chi connectivity index (χ0) is 27.2. The second kappa shape index (κ2) is 12.9. The molecule has 1 saturated carbocycles. The lowest BCUT2D eigenvalue weighted by Crippen LogP contribution is -2.63. The summed E-state index contributed by atoms with van der Waals surface area (Å²) in [7, 11) is 3.25. The Hall–Kier alpha value is -2.69. The summed E-state index contributed by atoms with van der Waals surface area (Å²) in [5.41, 5.74) is 1.28. The molecule has 3 fully saturated rings. The predicted octanol–water partition coefficient (Wildman–Crippen LogP) is 1.12. The van der Waals surface area contributed by atoms with E-state index in [2.05, 4.69) is 45.5 Å². The van der Waals surface area contributed by atoms with Gasteiger partial charge in [0.25, 0.3) is 0 Å². The Kier molecular flexibility index (Phi) is 9.62. The smallest absolute Gasteiger partial charge is 0.317 e. The summed E-state index contributed by atoms with van der Waals surface area (Å²) >= 11 is 0. The third-order valence-electron chi connectivity index (χ3n) is 8.62.